The molecule has 1 aliphatic rings. The van der Waals surface area contributed by atoms with Crippen molar-refractivity contribution in [1.29, 1.82) is 0 Å². The van der Waals surface area contributed by atoms with Crippen molar-refractivity contribution in [3.63, 3.8) is 0 Å². The Bertz CT molecular complexity index is 452. The molecular formula is C12H12O5. The van der Waals surface area contributed by atoms with Crippen LogP contribution in [0.25, 0.3) is 0 Å². The second-order valence-electron chi connectivity index (χ2n) is 3.53. The van der Waals surface area contributed by atoms with Crippen LogP contribution in [0.4, 0.5) is 0 Å². The number of rotatable bonds is 2. The van der Waals surface area contributed by atoms with E-state index >= 15 is 0 Å². The van der Waals surface area contributed by atoms with Gasteiger partial charge in [0.1, 0.15) is 0 Å². The van der Waals surface area contributed by atoms with Crippen LogP contribution in [0.5, 0.6) is 11.5 Å². The predicted octanol–water partition coefficient (Wildman–Crippen LogP) is 1.20. The summed E-state index contributed by atoms with van der Waals surface area (Å²) in [6.45, 7) is 1.11. The standard InChI is InChI=1S/C12H12O5/c1-15-12(14)11(13)8-3-4-9-10(7-8)17-6-2-5-16-9/h3-4,7H,2,5-6H2,1H3. The molecule has 0 unspecified atom stereocenters. The molecule has 0 aromatic heterocycles. The summed E-state index contributed by atoms with van der Waals surface area (Å²) in [6, 6.07) is 4.64. The Hall–Kier alpha value is -2.04. The Labute approximate surface area is 98.3 Å². The molecule has 0 aliphatic carbocycles. The van der Waals surface area contributed by atoms with E-state index in [0.717, 1.165) is 6.42 Å². The molecule has 0 amide bonds. The Morgan fingerprint density at radius 3 is 2.59 bits per heavy atom. The number of hydrogen-bond acceptors (Lipinski definition) is 5. The molecule has 17 heavy (non-hydrogen) atoms. The number of ketones is 1. The van der Waals surface area contributed by atoms with Crippen molar-refractivity contribution in [3.8, 4) is 11.5 Å². The molecule has 0 saturated heterocycles. The topological polar surface area (TPSA) is 61.8 Å². The number of benzene rings is 1. The van der Waals surface area contributed by atoms with Gasteiger partial charge in [-0.25, -0.2) is 4.79 Å². The molecule has 0 radical (unpaired) electrons. The second kappa shape index (κ2) is 4.86. The Balaban J connectivity index is 2.29. The molecule has 1 aromatic carbocycles. The van der Waals surface area contributed by atoms with Crippen LogP contribution in [-0.4, -0.2) is 32.1 Å². The van der Waals surface area contributed by atoms with Gasteiger partial charge in [0.15, 0.2) is 11.5 Å². The van der Waals surface area contributed by atoms with Gasteiger partial charge in [0, 0.05) is 12.0 Å². The maximum atomic E-state index is 11.6. The minimum atomic E-state index is -0.889. The van der Waals surface area contributed by atoms with E-state index in [1.807, 2.05) is 0 Å². The molecule has 90 valence electrons. The number of methoxy groups -OCH3 is 1. The summed E-state index contributed by atoms with van der Waals surface area (Å²) in [5.74, 6) is -0.510. The third-order valence-corrected chi connectivity index (χ3v) is 2.38. The van der Waals surface area contributed by atoms with Gasteiger partial charge in [0.25, 0.3) is 5.78 Å². The molecule has 0 atom stereocenters. The van der Waals surface area contributed by atoms with Gasteiger partial charge in [-0.15, -0.1) is 0 Å². The summed E-state index contributed by atoms with van der Waals surface area (Å²) in [5, 5.41) is 0. The van der Waals surface area contributed by atoms with Crippen LogP contribution in [0.3, 0.4) is 0 Å². The third kappa shape index (κ3) is 2.38. The van der Waals surface area contributed by atoms with E-state index in [1.165, 1.54) is 19.2 Å². The number of Topliss-reactive ketones (excluding diaryl/α,β-unsaturated/α-hetero) is 1. The van der Waals surface area contributed by atoms with Gasteiger partial charge < -0.3 is 14.2 Å². The summed E-state index contributed by atoms with van der Waals surface area (Å²) in [4.78, 5) is 22.7. The summed E-state index contributed by atoms with van der Waals surface area (Å²) in [6.07, 6.45) is 0.787. The van der Waals surface area contributed by atoms with Crippen LogP contribution in [-0.2, 0) is 9.53 Å². The zero-order valence-corrected chi connectivity index (χ0v) is 9.39. The lowest BCUT2D eigenvalue weighted by Crippen LogP contribution is -2.15. The van der Waals surface area contributed by atoms with Gasteiger partial charge in [0.2, 0.25) is 0 Å². The molecule has 0 saturated carbocycles. The molecule has 0 fully saturated rings. The molecule has 5 heteroatoms. The summed E-state index contributed by atoms with van der Waals surface area (Å²) in [7, 11) is 1.17. The Morgan fingerprint density at radius 2 is 1.88 bits per heavy atom. The number of esters is 1. The van der Waals surface area contributed by atoms with Crippen molar-refractivity contribution in [2.75, 3.05) is 20.3 Å². The van der Waals surface area contributed by atoms with Gasteiger partial charge in [-0.1, -0.05) is 0 Å². The van der Waals surface area contributed by atoms with Gasteiger partial charge in [-0.05, 0) is 18.2 Å². The van der Waals surface area contributed by atoms with E-state index in [4.69, 9.17) is 9.47 Å². The first kappa shape index (κ1) is 11.4. The Morgan fingerprint density at radius 1 is 1.18 bits per heavy atom. The fraction of sp³-hybridized carbons (Fsp3) is 0.333. The predicted molar refractivity (Wildman–Crippen MR) is 58.4 cm³/mol. The highest BCUT2D eigenvalue weighted by Crippen LogP contribution is 2.30. The first-order chi connectivity index (χ1) is 8.22. The average molecular weight is 236 g/mol. The van der Waals surface area contributed by atoms with Crippen molar-refractivity contribution >= 4 is 11.8 Å². The van der Waals surface area contributed by atoms with E-state index in [0.29, 0.717) is 24.7 Å². The molecule has 0 bridgehead atoms. The fourth-order valence-corrected chi connectivity index (χ4v) is 1.52. The normalized spacial score (nSPS) is 13.7. The van der Waals surface area contributed by atoms with Crippen LogP contribution in [0.1, 0.15) is 16.8 Å². The molecule has 1 heterocycles. The molecule has 1 aromatic rings. The SMILES string of the molecule is COC(=O)C(=O)c1ccc2c(c1)OCCCO2. The first-order valence-electron chi connectivity index (χ1n) is 5.24. The van der Waals surface area contributed by atoms with Crippen LogP contribution in [0.15, 0.2) is 18.2 Å². The third-order valence-electron chi connectivity index (χ3n) is 2.38. The lowest BCUT2D eigenvalue weighted by molar-refractivity contribution is -0.135. The van der Waals surface area contributed by atoms with Gasteiger partial charge in [-0.3, -0.25) is 4.79 Å². The summed E-state index contributed by atoms with van der Waals surface area (Å²) < 4.78 is 15.2. The van der Waals surface area contributed by atoms with Crippen molar-refractivity contribution < 1.29 is 23.8 Å². The highest BCUT2D eigenvalue weighted by Gasteiger charge is 2.19. The summed E-state index contributed by atoms with van der Waals surface area (Å²) in [5.41, 5.74) is 0.237. The van der Waals surface area contributed by atoms with Crippen molar-refractivity contribution in [2.45, 2.75) is 6.42 Å². The minimum Gasteiger partial charge on any atom is -0.490 e. The Kier molecular flexibility index (Phi) is 3.27. The van der Waals surface area contributed by atoms with Crippen molar-refractivity contribution in [1.82, 2.24) is 0 Å². The number of fused-ring (bicyclic) bond motifs is 1. The number of carbonyl (C=O) groups is 2. The van der Waals surface area contributed by atoms with E-state index in [2.05, 4.69) is 4.74 Å². The highest BCUT2D eigenvalue weighted by molar-refractivity contribution is 6.40. The highest BCUT2D eigenvalue weighted by atomic mass is 16.5. The number of hydrogen-bond donors (Lipinski definition) is 0. The smallest absolute Gasteiger partial charge is 0.379 e. The molecule has 1 aliphatic heterocycles. The molecular weight excluding hydrogens is 224 g/mol. The van der Waals surface area contributed by atoms with Gasteiger partial charge in [0.05, 0.1) is 20.3 Å². The fourth-order valence-electron chi connectivity index (χ4n) is 1.52. The molecule has 0 spiro atoms. The lowest BCUT2D eigenvalue weighted by atomic mass is 10.1. The van der Waals surface area contributed by atoms with Crippen LogP contribution in [0, 0.1) is 0 Å². The van der Waals surface area contributed by atoms with Crippen LogP contribution >= 0.6 is 0 Å². The van der Waals surface area contributed by atoms with E-state index in [-0.39, 0.29) is 5.56 Å². The largest absolute Gasteiger partial charge is 0.490 e. The maximum absolute atomic E-state index is 11.6. The van der Waals surface area contributed by atoms with E-state index in [9.17, 15) is 9.59 Å². The maximum Gasteiger partial charge on any atom is 0.379 e. The monoisotopic (exact) mass is 236 g/mol. The van der Waals surface area contributed by atoms with Gasteiger partial charge in [-0.2, -0.15) is 0 Å². The van der Waals surface area contributed by atoms with Crippen LogP contribution < -0.4 is 9.47 Å². The molecule has 0 N–H and O–H groups in total. The minimum absolute atomic E-state index is 0.237. The average Bonchev–Trinajstić information content (AvgIpc) is 2.61. The molecule has 2 rings (SSSR count). The second-order valence-corrected chi connectivity index (χ2v) is 3.53. The van der Waals surface area contributed by atoms with Crippen molar-refractivity contribution in [2.24, 2.45) is 0 Å². The zero-order valence-electron chi connectivity index (χ0n) is 9.39. The van der Waals surface area contributed by atoms with Crippen LogP contribution in [0.2, 0.25) is 0 Å². The number of ether oxygens (including phenoxy) is 3. The quantitative estimate of drug-likeness (QED) is 0.438. The summed E-state index contributed by atoms with van der Waals surface area (Å²) >= 11 is 0. The van der Waals surface area contributed by atoms with Gasteiger partial charge >= 0.3 is 5.97 Å². The number of carbonyl (C=O) groups excluding carboxylic acids is 2. The first-order valence-corrected chi connectivity index (χ1v) is 5.24. The van der Waals surface area contributed by atoms with E-state index in [1.54, 1.807) is 6.07 Å². The lowest BCUT2D eigenvalue weighted by Gasteiger charge is -2.08. The van der Waals surface area contributed by atoms with E-state index < -0.39 is 11.8 Å². The zero-order chi connectivity index (χ0) is 12.3. The molecule has 5 nitrogen and oxygen atoms in total. The van der Waals surface area contributed by atoms with Crippen molar-refractivity contribution in [3.05, 3.63) is 23.8 Å².